The molecule has 0 N–H and O–H groups in total. The van der Waals surface area contributed by atoms with Crippen molar-refractivity contribution in [2.45, 2.75) is 37.1 Å². The van der Waals surface area contributed by atoms with Gasteiger partial charge in [-0.25, -0.2) is 0 Å². The lowest BCUT2D eigenvalue weighted by molar-refractivity contribution is -0.146. The van der Waals surface area contributed by atoms with E-state index in [1.165, 1.54) is 12.7 Å². The van der Waals surface area contributed by atoms with E-state index in [9.17, 15) is 4.79 Å². The molecule has 0 radical (unpaired) electrons. The van der Waals surface area contributed by atoms with Crippen LogP contribution < -0.4 is 0 Å². The number of hydrogen-bond donors (Lipinski definition) is 0. The summed E-state index contributed by atoms with van der Waals surface area (Å²) in [6, 6.07) is 39.4. The fraction of sp³-hybridized carbons (Fsp3) is 0.235. The second-order valence-electron chi connectivity index (χ2n) is 10.4. The first-order valence-corrected chi connectivity index (χ1v) is 13.9. The van der Waals surface area contributed by atoms with Gasteiger partial charge in [-0.05, 0) is 59.1 Å². The van der Waals surface area contributed by atoms with Crippen molar-refractivity contribution in [3.8, 4) is 11.4 Å². The second-order valence-corrected chi connectivity index (χ2v) is 10.4. The third-order valence-corrected chi connectivity index (χ3v) is 8.19. The maximum atomic E-state index is 12.1. The van der Waals surface area contributed by atoms with E-state index >= 15 is 0 Å². The lowest BCUT2D eigenvalue weighted by Gasteiger charge is -2.34. The molecule has 1 aliphatic carbocycles. The molecule has 0 aliphatic heterocycles. The van der Waals surface area contributed by atoms with Crippen LogP contribution in [-0.4, -0.2) is 33.3 Å². The minimum Gasteiger partial charge on any atom is -0.469 e. The predicted molar refractivity (Wildman–Crippen MR) is 155 cm³/mol. The number of nitrogens with zero attached hydrogens (tertiary/aromatic N) is 4. The summed E-state index contributed by atoms with van der Waals surface area (Å²) < 4.78 is 5.00. The topological polar surface area (TPSA) is 69.9 Å². The molecule has 200 valence electrons. The Hall–Kier alpha value is -4.58. The van der Waals surface area contributed by atoms with E-state index in [0.29, 0.717) is 11.7 Å². The number of methoxy groups -OCH3 is 1. The molecule has 0 unspecified atom stereocenters. The Balaban J connectivity index is 1.46. The summed E-state index contributed by atoms with van der Waals surface area (Å²) in [7, 11) is 1.47. The van der Waals surface area contributed by atoms with Crippen LogP contribution in [0.5, 0.6) is 0 Å². The predicted octanol–water partition coefficient (Wildman–Crippen LogP) is 6.63. The third-order valence-electron chi connectivity index (χ3n) is 8.19. The number of carbonyl (C=O) groups is 1. The highest BCUT2D eigenvalue weighted by atomic mass is 16.5. The number of rotatable bonds is 7. The first kappa shape index (κ1) is 25.7. The average Bonchev–Trinajstić information content (AvgIpc) is 3.53. The van der Waals surface area contributed by atoms with Crippen LogP contribution in [0.1, 0.15) is 53.9 Å². The fourth-order valence-electron chi connectivity index (χ4n) is 6.21. The number of benzene rings is 4. The summed E-state index contributed by atoms with van der Waals surface area (Å²) in [5.41, 5.74) is 4.51. The molecule has 1 saturated carbocycles. The molecule has 1 fully saturated rings. The summed E-state index contributed by atoms with van der Waals surface area (Å²) in [6.45, 7) is 0. The fourth-order valence-corrected chi connectivity index (χ4v) is 6.21. The number of ether oxygens (including phenoxy) is 1. The molecule has 0 amide bonds. The summed E-state index contributed by atoms with van der Waals surface area (Å²) in [5.74, 6) is 0.801. The molecule has 6 nitrogen and oxygen atoms in total. The summed E-state index contributed by atoms with van der Waals surface area (Å²) >= 11 is 0. The SMILES string of the molecule is COC(=O)C1CCC(c2ccccc2-c2nnn(C(c3ccccc3)(c3ccccc3)c3ccccc3)n2)CC1. The van der Waals surface area contributed by atoms with Gasteiger partial charge >= 0.3 is 5.97 Å². The van der Waals surface area contributed by atoms with Crippen molar-refractivity contribution in [3.63, 3.8) is 0 Å². The van der Waals surface area contributed by atoms with Crippen molar-refractivity contribution in [2.24, 2.45) is 5.92 Å². The number of esters is 1. The first-order chi connectivity index (χ1) is 19.7. The zero-order valence-electron chi connectivity index (χ0n) is 22.6. The Morgan fingerprint density at radius 2 is 1.23 bits per heavy atom. The van der Waals surface area contributed by atoms with Gasteiger partial charge in [0.25, 0.3) is 0 Å². The molecule has 0 saturated heterocycles. The molecule has 5 aromatic rings. The normalized spacial score (nSPS) is 17.3. The summed E-state index contributed by atoms with van der Waals surface area (Å²) in [6.07, 6.45) is 3.50. The molecule has 0 atom stereocenters. The molecule has 1 aromatic heterocycles. The van der Waals surface area contributed by atoms with Crippen molar-refractivity contribution in [3.05, 3.63) is 138 Å². The molecule has 1 heterocycles. The molecule has 1 aliphatic rings. The Morgan fingerprint density at radius 3 is 1.75 bits per heavy atom. The summed E-state index contributed by atoms with van der Waals surface area (Å²) in [5, 5.41) is 14.5. The molecule has 0 bridgehead atoms. The highest BCUT2D eigenvalue weighted by molar-refractivity contribution is 5.72. The van der Waals surface area contributed by atoms with Crippen LogP contribution in [0.25, 0.3) is 11.4 Å². The largest absolute Gasteiger partial charge is 0.469 e. The van der Waals surface area contributed by atoms with Crippen LogP contribution in [0.15, 0.2) is 115 Å². The van der Waals surface area contributed by atoms with Crippen molar-refractivity contribution in [1.82, 2.24) is 20.2 Å². The molecule has 6 rings (SSSR count). The Labute approximate surface area is 234 Å². The number of tetrazole rings is 1. The van der Waals surface area contributed by atoms with Gasteiger partial charge in [-0.1, -0.05) is 115 Å². The Bertz CT molecular complexity index is 1460. The van der Waals surface area contributed by atoms with Crippen LogP contribution >= 0.6 is 0 Å². The number of hydrogen-bond acceptors (Lipinski definition) is 5. The minimum absolute atomic E-state index is 0.0179. The molecule has 4 aromatic carbocycles. The standard InChI is InChI=1S/C34H32N4O2/c1-40-33(39)26-23-21-25(22-24-26)30-19-11-12-20-31(30)32-35-37-38(36-32)34(27-13-5-2-6-14-27,28-15-7-3-8-16-28)29-17-9-4-10-18-29/h2-20,25-26H,21-24H2,1H3. The average molecular weight is 529 g/mol. The van der Waals surface area contributed by atoms with E-state index < -0.39 is 5.54 Å². The first-order valence-electron chi connectivity index (χ1n) is 13.9. The van der Waals surface area contributed by atoms with Gasteiger partial charge < -0.3 is 4.74 Å². The molecule has 6 heteroatoms. The van der Waals surface area contributed by atoms with Gasteiger partial charge in [-0.15, -0.1) is 15.0 Å². The van der Waals surface area contributed by atoms with Gasteiger partial charge in [0.1, 0.15) is 0 Å². The van der Waals surface area contributed by atoms with Gasteiger partial charge in [0.2, 0.25) is 5.82 Å². The highest BCUT2D eigenvalue weighted by Gasteiger charge is 2.41. The number of carbonyl (C=O) groups excluding carboxylic acids is 1. The van der Waals surface area contributed by atoms with E-state index in [4.69, 9.17) is 15.0 Å². The van der Waals surface area contributed by atoms with Crippen LogP contribution in [0.3, 0.4) is 0 Å². The van der Waals surface area contributed by atoms with Crippen LogP contribution in [0.2, 0.25) is 0 Å². The van der Waals surface area contributed by atoms with Gasteiger partial charge in [0.15, 0.2) is 5.54 Å². The van der Waals surface area contributed by atoms with Crippen molar-refractivity contribution in [1.29, 1.82) is 0 Å². The number of aromatic nitrogens is 4. The van der Waals surface area contributed by atoms with Crippen LogP contribution in [0.4, 0.5) is 0 Å². The Morgan fingerprint density at radius 1 is 0.725 bits per heavy atom. The minimum atomic E-state index is -0.817. The zero-order chi connectivity index (χ0) is 27.4. The lowest BCUT2D eigenvalue weighted by Crippen LogP contribution is -2.39. The molecule has 40 heavy (non-hydrogen) atoms. The maximum Gasteiger partial charge on any atom is 0.308 e. The quantitative estimate of drug-likeness (QED) is 0.175. The Kier molecular flexibility index (Phi) is 7.23. The van der Waals surface area contributed by atoms with Crippen LogP contribution in [-0.2, 0) is 15.1 Å². The zero-order valence-corrected chi connectivity index (χ0v) is 22.6. The van der Waals surface area contributed by atoms with E-state index in [0.717, 1.165) is 47.9 Å². The van der Waals surface area contributed by atoms with Gasteiger partial charge in [-0.3, -0.25) is 4.79 Å². The maximum absolute atomic E-state index is 12.1. The van der Waals surface area contributed by atoms with Gasteiger partial charge in [0.05, 0.1) is 13.0 Å². The van der Waals surface area contributed by atoms with Crippen molar-refractivity contribution < 1.29 is 9.53 Å². The monoisotopic (exact) mass is 528 g/mol. The summed E-state index contributed by atoms with van der Waals surface area (Å²) in [4.78, 5) is 13.9. The van der Waals surface area contributed by atoms with Crippen molar-refractivity contribution in [2.75, 3.05) is 7.11 Å². The smallest absolute Gasteiger partial charge is 0.308 e. The molecular weight excluding hydrogens is 496 g/mol. The second kappa shape index (κ2) is 11.3. The van der Waals surface area contributed by atoms with Crippen LogP contribution in [0, 0.1) is 5.92 Å². The van der Waals surface area contributed by atoms with Gasteiger partial charge in [0, 0.05) is 5.56 Å². The van der Waals surface area contributed by atoms with Crippen molar-refractivity contribution >= 4 is 5.97 Å². The molecular formula is C34H32N4O2. The lowest BCUT2D eigenvalue weighted by atomic mass is 9.77. The highest BCUT2D eigenvalue weighted by Crippen LogP contribution is 2.42. The van der Waals surface area contributed by atoms with E-state index in [1.54, 1.807) is 4.80 Å². The molecule has 0 spiro atoms. The van der Waals surface area contributed by atoms with Gasteiger partial charge in [-0.2, -0.15) is 0 Å². The van der Waals surface area contributed by atoms with E-state index in [2.05, 4.69) is 59.7 Å². The third kappa shape index (κ3) is 4.60. The van der Waals surface area contributed by atoms with E-state index in [1.807, 2.05) is 60.7 Å². The van der Waals surface area contributed by atoms with E-state index in [-0.39, 0.29) is 11.9 Å².